The van der Waals surface area contributed by atoms with Crippen molar-refractivity contribution in [2.24, 2.45) is 0 Å². The van der Waals surface area contributed by atoms with Gasteiger partial charge in [-0.1, -0.05) is 60.7 Å². The quantitative estimate of drug-likeness (QED) is 0.395. The summed E-state index contributed by atoms with van der Waals surface area (Å²) in [6.07, 6.45) is 1.49. The van der Waals surface area contributed by atoms with Gasteiger partial charge in [0.25, 0.3) is 5.91 Å². The van der Waals surface area contributed by atoms with E-state index in [2.05, 4.69) is 36.4 Å². The number of amides is 2. The molecule has 164 valence electrons. The van der Waals surface area contributed by atoms with Crippen molar-refractivity contribution in [3.63, 3.8) is 0 Å². The van der Waals surface area contributed by atoms with Crippen LogP contribution in [-0.4, -0.2) is 24.4 Å². The van der Waals surface area contributed by atoms with Gasteiger partial charge in [0.05, 0.1) is 23.7 Å². The van der Waals surface area contributed by atoms with Gasteiger partial charge in [-0.05, 0) is 53.4 Å². The zero-order valence-corrected chi connectivity index (χ0v) is 18.6. The van der Waals surface area contributed by atoms with E-state index in [-0.39, 0.29) is 23.6 Å². The number of hydrogen-bond donors (Lipinski definition) is 0. The number of anilines is 2. The van der Waals surface area contributed by atoms with Gasteiger partial charge >= 0.3 is 0 Å². The second-order valence-corrected chi connectivity index (χ2v) is 8.28. The molecule has 0 spiro atoms. The van der Waals surface area contributed by atoms with Crippen LogP contribution in [0.5, 0.6) is 0 Å². The summed E-state index contributed by atoms with van der Waals surface area (Å²) in [5.74, 6) is 0.0173. The molecule has 2 amide bonds. The van der Waals surface area contributed by atoms with E-state index in [1.54, 1.807) is 28.9 Å². The van der Waals surface area contributed by atoms with Crippen LogP contribution in [0.25, 0.3) is 22.3 Å². The lowest BCUT2D eigenvalue weighted by atomic mass is 9.98. The van der Waals surface area contributed by atoms with E-state index in [1.807, 2.05) is 43.3 Å². The Hall–Kier alpha value is -4.12. The Morgan fingerprint density at radius 2 is 1.42 bits per heavy atom. The molecule has 0 saturated carbocycles. The fraction of sp³-hybridized carbons (Fsp3) is 0.143. The highest BCUT2D eigenvalue weighted by molar-refractivity contribution is 6.10. The van der Waals surface area contributed by atoms with Gasteiger partial charge < -0.3 is 14.2 Å². The van der Waals surface area contributed by atoms with Crippen LogP contribution in [0.3, 0.4) is 0 Å². The zero-order valence-electron chi connectivity index (χ0n) is 18.6. The van der Waals surface area contributed by atoms with Crippen LogP contribution in [0.15, 0.2) is 95.6 Å². The minimum absolute atomic E-state index is 0.0474. The molecule has 0 radical (unpaired) electrons. The molecule has 5 heteroatoms. The first-order chi connectivity index (χ1) is 16.0. The summed E-state index contributed by atoms with van der Waals surface area (Å²) in [4.78, 5) is 29.1. The predicted molar refractivity (Wildman–Crippen MR) is 130 cm³/mol. The van der Waals surface area contributed by atoms with Gasteiger partial charge in [-0.15, -0.1) is 0 Å². The second-order valence-electron chi connectivity index (χ2n) is 8.28. The first kappa shape index (κ1) is 20.8. The standard InChI is InChI=1S/C28H24N2O3/c1-19-18-29(28(32)27-9-6-16-33-27)26-17-24(14-15-25(26)30(19)20(2)31)23-12-10-22(11-13-23)21-7-4-3-5-8-21/h3-17,19H,18H2,1-2H3/t19-/m0/s1. The summed E-state index contributed by atoms with van der Waals surface area (Å²) in [6, 6.07) is 27.7. The molecule has 0 unspecified atom stereocenters. The number of fused-ring (bicyclic) bond motifs is 1. The van der Waals surface area contributed by atoms with Crippen LogP contribution in [0.2, 0.25) is 0 Å². The number of rotatable bonds is 3. The Morgan fingerprint density at radius 3 is 2.06 bits per heavy atom. The van der Waals surface area contributed by atoms with Crippen molar-refractivity contribution in [2.75, 3.05) is 16.3 Å². The van der Waals surface area contributed by atoms with Crippen molar-refractivity contribution in [2.45, 2.75) is 19.9 Å². The van der Waals surface area contributed by atoms with Crippen LogP contribution >= 0.6 is 0 Å². The van der Waals surface area contributed by atoms with E-state index < -0.39 is 0 Å². The maximum Gasteiger partial charge on any atom is 0.294 e. The van der Waals surface area contributed by atoms with E-state index in [0.717, 1.165) is 27.9 Å². The number of furan rings is 1. The van der Waals surface area contributed by atoms with Crippen molar-refractivity contribution in [3.8, 4) is 22.3 Å². The molecule has 5 rings (SSSR count). The fourth-order valence-electron chi connectivity index (χ4n) is 4.50. The fourth-order valence-corrected chi connectivity index (χ4v) is 4.50. The van der Waals surface area contributed by atoms with Gasteiger partial charge in [-0.3, -0.25) is 9.59 Å². The summed E-state index contributed by atoms with van der Waals surface area (Å²) in [6.45, 7) is 3.89. The Labute approximate surface area is 192 Å². The third kappa shape index (κ3) is 3.82. The number of carbonyl (C=O) groups excluding carboxylic acids is 2. The first-order valence-electron chi connectivity index (χ1n) is 11.0. The molecule has 0 N–H and O–H groups in total. The van der Waals surface area contributed by atoms with Crippen molar-refractivity contribution >= 4 is 23.2 Å². The average Bonchev–Trinajstić information content (AvgIpc) is 3.38. The van der Waals surface area contributed by atoms with Crippen LogP contribution in [-0.2, 0) is 4.79 Å². The van der Waals surface area contributed by atoms with E-state index in [9.17, 15) is 9.59 Å². The van der Waals surface area contributed by atoms with Gasteiger partial charge in [-0.2, -0.15) is 0 Å². The molecule has 0 fully saturated rings. The molecule has 1 aliphatic rings. The minimum Gasteiger partial charge on any atom is -0.459 e. The minimum atomic E-state index is -0.215. The maximum absolute atomic E-state index is 13.2. The van der Waals surface area contributed by atoms with Crippen LogP contribution in [0, 0.1) is 0 Å². The molecule has 0 bridgehead atoms. The van der Waals surface area contributed by atoms with Crippen molar-refractivity contribution in [1.29, 1.82) is 0 Å². The smallest absolute Gasteiger partial charge is 0.294 e. The van der Waals surface area contributed by atoms with Crippen LogP contribution in [0.1, 0.15) is 24.4 Å². The molecular formula is C28H24N2O3. The van der Waals surface area contributed by atoms with E-state index in [1.165, 1.54) is 6.26 Å². The Morgan fingerprint density at radius 1 is 0.788 bits per heavy atom. The normalized spacial score (nSPS) is 15.3. The number of benzene rings is 3. The summed E-state index contributed by atoms with van der Waals surface area (Å²) in [5.41, 5.74) is 5.75. The average molecular weight is 437 g/mol. The molecule has 2 heterocycles. The van der Waals surface area contributed by atoms with Gasteiger partial charge in [-0.25, -0.2) is 0 Å². The summed E-state index contributed by atoms with van der Waals surface area (Å²) in [7, 11) is 0. The van der Waals surface area contributed by atoms with E-state index in [4.69, 9.17) is 4.42 Å². The summed E-state index contributed by atoms with van der Waals surface area (Å²) < 4.78 is 5.37. The van der Waals surface area contributed by atoms with Crippen molar-refractivity contribution in [3.05, 3.63) is 97.0 Å². The Kier molecular flexibility index (Phi) is 5.31. The summed E-state index contributed by atoms with van der Waals surface area (Å²) in [5, 5.41) is 0. The van der Waals surface area contributed by atoms with E-state index in [0.29, 0.717) is 12.2 Å². The highest BCUT2D eigenvalue weighted by atomic mass is 16.3. The maximum atomic E-state index is 13.2. The topological polar surface area (TPSA) is 53.8 Å². The van der Waals surface area contributed by atoms with Crippen LogP contribution in [0.4, 0.5) is 11.4 Å². The molecule has 0 aliphatic carbocycles. The highest BCUT2D eigenvalue weighted by Gasteiger charge is 2.34. The van der Waals surface area contributed by atoms with Crippen molar-refractivity contribution in [1.82, 2.24) is 0 Å². The molecule has 1 aromatic heterocycles. The van der Waals surface area contributed by atoms with Gasteiger partial charge in [0.15, 0.2) is 5.76 Å². The lowest BCUT2D eigenvalue weighted by molar-refractivity contribution is -0.117. The second kappa shape index (κ2) is 8.43. The zero-order chi connectivity index (χ0) is 22.9. The molecule has 3 aromatic carbocycles. The molecular weight excluding hydrogens is 412 g/mol. The number of carbonyl (C=O) groups is 2. The first-order valence-corrected chi connectivity index (χ1v) is 11.0. The third-order valence-corrected chi connectivity index (χ3v) is 6.06. The SMILES string of the molecule is CC(=O)N1c2ccc(-c3ccc(-c4ccccc4)cc3)cc2N(C(=O)c2ccco2)C[C@@H]1C. The van der Waals surface area contributed by atoms with Gasteiger partial charge in [0.2, 0.25) is 5.91 Å². The van der Waals surface area contributed by atoms with Gasteiger partial charge in [0.1, 0.15) is 0 Å². The largest absolute Gasteiger partial charge is 0.459 e. The molecule has 5 nitrogen and oxygen atoms in total. The number of nitrogens with zero attached hydrogens (tertiary/aromatic N) is 2. The molecule has 33 heavy (non-hydrogen) atoms. The number of hydrogen-bond acceptors (Lipinski definition) is 3. The molecule has 0 saturated heterocycles. The van der Waals surface area contributed by atoms with Crippen LogP contribution < -0.4 is 9.80 Å². The third-order valence-electron chi connectivity index (χ3n) is 6.06. The Balaban J connectivity index is 1.56. The summed E-state index contributed by atoms with van der Waals surface area (Å²) >= 11 is 0. The predicted octanol–water partition coefficient (Wildman–Crippen LogP) is 6.02. The molecule has 1 atom stereocenters. The lowest BCUT2D eigenvalue weighted by Crippen LogP contribution is -2.51. The Bertz CT molecular complexity index is 1290. The lowest BCUT2D eigenvalue weighted by Gasteiger charge is -2.40. The van der Waals surface area contributed by atoms with E-state index >= 15 is 0 Å². The molecule has 1 aliphatic heterocycles. The monoisotopic (exact) mass is 436 g/mol. The van der Waals surface area contributed by atoms with Gasteiger partial charge in [0, 0.05) is 13.5 Å². The highest BCUT2D eigenvalue weighted by Crippen LogP contribution is 2.39. The molecule has 4 aromatic rings. The van der Waals surface area contributed by atoms with Crippen molar-refractivity contribution < 1.29 is 14.0 Å².